The smallest absolute Gasteiger partial charge is 0.305 e. The van der Waals surface area contributed by atoms with E-state index < -0.39 is 5.97 Å². The lowest BCUT2D eigenvalue weighted by molar-refractivity contribution is -0.137. The van der Waals surface area contributed by atoms with Crippen LogP contribution in [-0.4, -0.2) is 24.7 Å². The van der Waals surface area contributed by atoms with E-state index in [-0.39, 0.29) is 12.5 Å². The van der Waals surface area contributed by atoms with Crippen molar-refractivity contribution in [2.75, 3.05) is 13.7 Å². The molecule has 86 valence electrons. The minimum atomic E-state index is -0.805. The Kier molecular flexibility index (Phi) is 3.10. The molecule has 2 rings (SSSR count). The van der Waals surface area contributed by atoms with E-state index in [2.05, 4.69) is 5.32 Å². The summed E-state index contributed by atoms with van der Waals surface area (Å²) >= 11 is 0. The predicted molar refractivity (Wildman–Crippen MR) is 59.7 cm³/mol. The quantitative estimate of drug-likeness (QED) is 0.806. The van der Waals surface area contributed by atoms with Crippen molar-refractivity contribution in [2.45, 2.75) is 18.9 Å². The molecule has 1 aromatic rings. The molecule has 4 nitrogen and oxygen atoms in total. The molecule has 0 saturated heterocycles. The Morgan fingerprint density at radius 3 is 3.12 bits per heavy atom. The topological polar surface area (TPSA) is 58.6 Å². The molecular weight excluding hydrogens is 206 g/mol. The summed E-state index contributed by atoms with van der Waals surface area (Å²) in [6.07, 6.45) is 1.02. The fourth-order valence-corrected chi connectivity index (χ4v) is 1.96. The van der Waals surface area contributed by atoms with Gasteiger partial charge in [-0.05, 0) is 24.2 Å². The largest absolute Gasteiger partial charge is 0.493 e. The van der Waals surface area contributed by atoms with Gasteiger partial charge in [-0.15, -0.1) is 0 Å². The molecule has 1 aromatic carbocycles. The lowest BCUT2D eigenvalue weighted by atomic mass is 10.0. The van der Waals surface area contributed by atoms with E-state index in [1.165, 1.54) is 5.56 Å². The van der Waals surface area contributed by atoms with Gasteiger partial charge in [-0.1, -0.05) is 12.1 Å². The number of ether oxygens (including phenoxy) is 1. The molecular formula is C12H15NO3. The van der Waals surface area contributed by atoms with Crippen LogP contribution < -0.4 is 10.1 Å². The lowest BCUT2D eigenvalue weighted by Gasteiger charge is -2.15. The molecule has 0 amide bonds. The highest BCUT2D eigenvalue weighted by molar-refractivity contribution is 5.68. The number of carboxylic acids is 1. The van der Waals surface area contributed by atoms with E-state index in [0.717, 1.165) is 24.3 Å². The van der Waals surface area contributed by atoms with E-state index in [4.69, 9.17) is 9.84 Å². The van der Waals surface area contributed by atoms with E-state index in [9.17, 15) is 4.79 Å². The van der Waals surface area contributed by atoms with Crippen molar-refractivity contribution < 1.29 is 14.6 Å². The zero-order chi connectivity index (χ0) is 11.5. The summed E-state index contributed by atoms with van der Waals surface area (Å²) < 4.78 is 5.46. The fourth-order valence-electron chi connectivity index (χ4n) is 1.96. The molecule has 0 bridgehead atoms. The van der Waals surface area contributed by atoms with Gasteiger partial charge in [0.15, 0.2) is 0 Å². The molecule has 1 unspecified atom stereocenters. The van der Waals surface area contributed by atoms with Crippen molar-refractivity contribution >= 4 is 5.97 Å². The Bertz CT molecular complexity index is 403. The summed E-state index contributed by atoms with van der Waals surface area (Å²) in [5.74, 6) is 0.0869. The Hall–Kier alpha value is -1.55. The SMILES string of the molecule is CNC(CC(=O)O)c1ccc2c(c1)OCC2. The Labute approximate surface area is 94.2 Å². The molecule has 1 aliphatic rings. The number of nitrogens with one attached hydrogen (secondary N) is 1. The van der Waals surface area contributed by atoms with Crippen molar-refractivity contribution in [3.8, 4) is 5.75 Å². The molecule has 0 saturated carbocycles. The summed E-state index contributed by atoms with van der Waals surface area (Å²) in [7, 11) is 1.77. The first kappa shape index (κ1) is 11.0. The van der Waals surface area contributed by atoms with Gasteiger partial charge in [-0.25, -0.2) is 0 Å². The summed E-state index contributed by atoms with van der Waals surface area (Å²) in [6.45, 7) is 0.724. The van der Waals surface area contributed by atoms with Crippen molar-refractivity contribution in [3.63, 3.8) is 0 Å². The van der Waals surface area contributed by atoms with Crippen LogP contribution in [0.4, 0.5) is 0 Å². The van der Waals surface area contributed by atoms with Gasteiger partial charge < -0.3 is 15.2 Å². The van der Waals surface area contributed by atoms with Crippen LogP contribution in [0.1, 0.15) is 23.6 Å². The molecule has 1 atom stereocenters. The highest BCUT2D eigenvalue weighted by Gasteiger charge is 2.17. The van der Waals surface area contributed by atoms with Crippen LogP contribution in [0.5, 0.6) is 5.75 Å². The molecule has 16 heavy (non-hydrogen) atoms. The Morgan fingerprint density at radius 1 is 1.62 bits per heavy atom. The lowest BCUT2D eigenvalue weighted by Crippen LogP contribution is -2.19. The van der Waals surface area contributed by atoms with E-state index in [1.54, 1.807) is 7.05 Å². The van der Waals surface area contributed by atoms with Gasteiger partial charge in [0.1, 0.15) is 5.75 Å². The second-order valence-corrected chi connectivity index (χ2v) is 3.90. The van der Waals surface area contributed by atoms with Crippen molar-refractivity contribution in [3.05, 3.63) is 29.3 Å². The standard InChI is InChI=1S/C12H15NO3/c1-13-10(7-12(14)15)9-3-2-8-4-5-16-11(8)6-9/h2-3,6,10,13H,4-5,7H2,1H3,(H,14,15). The van der Waals surface area contributed by atoms with Crippen LogP contribution in [0, 0.1) is 0 Å². The molecule has 0 aliphatic carbocycles. The molecule has 0 radical (unpaired) electrons. The second kappa shape index (κ2) is 4.53. The highest BCUT2D eigenvalue weighted by Crippen LogP contribution is 2.29. The third kappa shape index (κ3) is 2.17. The maximum Gasteiger partial charge on any atom is 0.305 e. The molecule has 0 spiro atoms. The second-order valence-electron chi connectivity index (χ2n) is 3.90. The monoisotopic (exact) mass is 221 g/mol. The van der Waals surface area contributed by atoms with Crippen LogP contribution in [0.15, 0.2) is 18.2 Å². The zero-order valence-corrected chi connectivity index (χ0v) is 9.19. The van der Waals surface area contributed by atoms with Gasteiger partial charge in [-0.3, -0.25) is 4.79 Å². The van der Waals surface area contributed by atoms with Crippen molar-refractivity contribution in [1.82, 2.24) is 5.32 Å². The highest BCUT2D eigenvalue weighted by atomic mass is 16.5. The molecule has 0 aromatic heterocycles. The average Bonchev–Trinajstić information content (AvgIpc) is 2.72. The molecule has 1 aliphatic heterocycles. The zero-order valence-electron chi connectivity index (χ0n) is 9.19. The number of fused-ring (bicyclic) bond motifs is 1. The third-order valence-corrected chi connectivity index (χ3v) is 2.85. The Morgan fingerprint density at radius 2 is 2.44 bits per heavy atom. The molecule has 4 heteroatoms. The minimum Gasteiger partial charge on any atom is -0.493 e. The Balaban J connectivity index is 2.21. The molecule has 1 heterocycles. The number of hydrogen-bond donors (Lipinski definition) is 2. The number of hydrogen-bond acceptors (Lipinski definition) is 3. The van der Waals surface area contributed by atoms with E-state index in [0.29, 0.717) is 0 Å². The maximum atomic E-state index is 10.7. The van der Waals surface area contributed by atoms with Gasteiger partial charge >= 0.3 is 5.97 Å². The number of rotatable bonds is 4. The third-order valence-electron chi connectivity index (χ3n) is 2.85. The van der Waals surface area contributed by atoms with Crippen LogP contribution in [0.25, 0.3) is 0 Å². The minimum absolute atomic E-state index is 0.0787. The molecule has 2 N–H and O–H groups in total. The van der Waals surface area contributed by atoms with Crippen LogP contribution in [0.2, 0.25) is 0 Å². The normalized spacial score (nSPS) is 15.3. The first-order valence-corrected chi connectivity index (χ1v) is 5.35. The maximum absolute atomic E-state index is 10.7. The van der Waals surface area contributed by atoms with Crippen molar-refractivity contribution in [1.29, 1.82) is 0 Å². The first-order valence-electron chi connectivity index (χ1n) is 5.35. The summed E-state index contributed by atoms with van der Waals surface area (Å²) in [5.41, 5.74) is 2.17. The predicted octanol–water partition coefficient (Wildman–Crippen LogP) is 1.36. The van der Waals surface area contributed by atoms with Crippen LogP contribution in [0.3, 0.4) is 0 Å². The first-order chi connectivity index (χ1) is 7.70. The number of carbonyl (C=O) groups is 1. The van der Waals surface area contributed by atoms with Crippen molar-refractivity contribution in [2.24, 2.45) is 0 Å². The number of aliphatic carboxylic acids is 1. The summed E-state index contributed by atoms with van der Waals surface area (Å²) in [6, 6.07) is 5.76. The van der Waals surface area contributed by atoms with Gasteiger partial charge in [-0.2, -0.15) is 0 Å². The summed E-state index contributed by atoms with van der Waals surface area (Å²) in [4.78, 5) is 10.7. The van der Waals surface area contributed by atoms with Gasteiger partial charge in [0, 0.05) is 12.5 Å². The fraction of sp³-hybridized carbons (Fsp3) is 0.417. The van der Waals surface area contributed by atoms with Crippen LogP contribution in [-0.2, 0) is 11.2 Å². The van der Waals surface area contributed by atoms with Crippen LogP contribution >= 0.6 is 0 Å². The van der Waals surface area contributed by atoms with E-state index in [1.807, 2.05) is 18.2 Å². The van der Waals surface area contributed by atoms with Gasteiger partial charge in [0.2, 0.25) is 0 Å². The number of carboxylic acid groups (broad SMARTS) is 1. The number of benzene rings is 1. The van der Waals surface area contributed by atoms with Gasteiger partial charge in [0.25, 0.3) is 0 Å². The summed E-state index contributed by atoms with van der Waals surface area (Å²) in [5, 5.41) is 11.8. The van der Waals surface area contributed by atoms with Gasteiger partial charge in [0.05, 0.1) is 13.0 Å². The average molecular weight is 221 g/mol. The molecule has 0 fully saturated rings. The van der Waals surface area contributed by atoms with E-state index >= 15 is 0 Å².